The number of rotatable bonds is 4. The number of nitrogens with zero attached hydrogens (tertiary/aromatic N) is 2. The molecule has 0 fully saturated rings. The molecule has 2 rings (SSSR count). The van der Waals surface area contributed by atoms with Crippen molar-refractivity contribution in [1.82, 2.24) is 10.2 Å². The minimum atomic E-state index is 0.0442. The van der Waals surface area contributed by atoms with Gasteiger partial charge in [-0.1, -0.05) is 25.1 Å². The zero-order valence-electron chi connectivity index (χ0n) is 9.88. The van der Waals surface area contributed by atoms with Gasteiger partial charge in [-0.15, -0.1) is 10.2 Å². The first-order valence-electron chi connectivity index (χ1n) is 5.53. The fourth-order valence-corrected chi connectivity index (χ4v) is 2.43. The molecule has 1 aromatic carbocycles. The highest BCUT2D eigenvalue weighted by Gasteiger charge is 2.12. The van der Waals surface area contributed by atoms with Crippen LogP contribution in [0.5, 0.6) is 0 Å². The Morgan fingerprint density at radius 1 is 1.35 bits per heavy atom. The zero-order chi connectivity index (χ0) is 12.3. The van der Waals surface area contributed by atoms with Crippen molar-refractivity contribution in [3.05, 3.63) is 35.7 Å². The Bertz CT molecular complexity index is 498. The van der Waals surface area contributed by atoms with Gasteiger partial charge >= 0.3 is 0 Å². The minimum Gasteiger partial charge on any atom is -0.416 e. The standard InChI is InChI=1S/C12H15N3OS/c1-3-10(13)9-6-4-5-7-11(9)17-12-15-14-8(2)16-12/h4-7,10H,3,13H2,1-2H3. The van der Waals surface area contributed by atoms with Crippen molar-refractivity contribution in [3.63, 3.8) is 0 Å². The number of benzene rings is 1. The molecule has 17 heavy (non-hydrogen) atoms. The van der Waals surface area contributed by atoms with E-state index in [9.17, 15) is 0 Å². The average Bonchev–Trinajstić information content (AvgIpc) is 2.74. The second-order valence-electron chi connectivity index (χ2n) is 3.74. The maximum absolute atomic E-state index is 6.07. The predicted octanol–water partition coefficient (Wildman–Crippen LogP) is 2.94. The highest BCUT2D eigenvalue weighted by atomic mass is 32.2. The van der Waals surface area contributed by atoms with Gasteiger partial charge < -0.3 is 10.2 Å². The van der Waals surface area contributed by atoms with Gasteiger partial charge in [0.2, 0.25) is 5.89 Å². The minimum absolute atomic E-state index is 0.0442. The van der Waals surface area contributed by atoms with Gasteiger partial charge in [-0.3, -0.25) is 0 Å². The molecule has 0 aliphatic carbocycles. The lowest BCUT2D eigenvalue weighted by atomic mass is 10.1. The summed E-state index contributed by atoms with van der Waals surface area (Å²) < 4.78 is 5.36. The van der Waals surface area contributed by atoms with Crippen molar-refractivity contribution in [3.8, 4) is 0 Å². The third kappa shape index (κ3) is 2.87. The first kappa shape index (κ1) is 12.1. The molecule has 0 saturated carbocycles. The van der Waals surface area contributed by atoms with Crippen LogP contribution in [0, 0.1) is 6.92 Å². The summed E-state index contributed by atoms with van der Waals surface area (Å²) in [4.78, 5) is 1.07. The normalized spacial score (nSPS) is 12.6. The van der Waals surface area contributed by atoms with Crippen LogP contribution < -0.4 is 5.73 Å². The average molecular weight is 249 g/mol. The van der Waals surface area contributed by atoms with E-state index >= 15 is 0 Å². The fraction of sp³-hybridized carbons (Fsp3) is 0.333. The lowest BCUT2D eigenvalue weighted by Gasteiger charge is -2.12. The summed E-state index contributed by atoms with van der Waals surface area (Å²) in [6, 6.07) is 8.09. The smallest absolute Gasteiger partial charge is 0.281 e. The Labute approximate surface area is 105 Å². The van der Waals surface area contributed by atoms with Gasteiger partial charge in [0.05, 0.1) is 0 Å². The van der Waals surface area contributed by atoms with Crippen LogP contribution in [0.2, 0.25) is 0 Å². The van der Waals surface area contributed by atoms with Crippen LogP contribution >= 0.6 is 11.8 Å². The van der Waals surface area contributed by atoms with E-state index in [1.807, 2.05) is 24.3 Å². The van der Waals surface area contributed by atoms with Crippen LogP contribution in [0.1, 0.15) is 30.8 Å². The van der Waals surface area contributed by atoms with E-state index in [-0.39, 0.29) is 6.04 Å². The molecular weight excluding hydrogens is 234 g/mol. The molecule has 0 amide bonds. The quantitative estimate of drug-likeness (QED) is 0.902. The molecular formula is C12H15N3OS. The molecule has 2 aromatic rings. The summed E-state index contributed by atoms with van der Waals surface area (Å²) in [6.07, 6.45) is 0.903. The first-order valence-corrected chi connectivity index (χ1v) is 6.34. The fourth-order valence-electron chi connectivity index (χ4n) is 1.51. The van der Waals surface area contributed by atoms with Crippen LogP contribution in [-0.4, -0.2) is 10.2 Å². The van der Waals surface area contributed by atoms with Crippen LogP contribution in [0.3, 0.4) is 0 Å². The molecule has 0 bridgehead atoms. The number of nitrogens with two attached hydrogens (primary N) is 1. The molecule has 0 saturated heterocycles. The number of aromatic nitrogens is 2. The molecule has 1 unspecified atom stereocenters. The third-order valence-corrected chi connectivity index (χ3v) is 3.39. The molecule has 2 N–H and O–H groups in total. The zero-order valence-corrected chi connectivity index (χ0v) is 10.7. The van der Waals surface area contributed by atoms with E-state index in [2.05, 4.69) is 17.1 Å². The van der Waals surface area contributed by atoms with Gasteiger partial charge in [0.25, 0.3) is 5.22 Å². The molecule has 0 aliphatic heterocycles. The predicted molar refractivity (Wildman–Crippen MR) is 66.8 cm³/mol. The van der Waals surface area contributed by atoms with Gasteiger partial charge in [0, 0.05) is 17.9 Å². The van der Waals surface area contributed by atoms with Crippen LogP contribution in [0.25, 0.3) is 0 Å². The summed E-state index contributed by atoms with van der Waals surface area (Å²) in [7, 11) is 0. The lowest BCUT2D eigenvalue weighted by molar-refractivity contribution is 0.429. The molecule has 4 nitrogen and oxygen atoms in total. The van der Waals surface area contributed by atoms with Gasteiger partial charge in [-0.2, -0.15) is 0 Å². The Morgan fingerprint density at radius 3 is 2.76 bits per heavy atom. The molecule has 1 atom stereocenters. The van der Waals surface area contributed by atoms with Crippen LogP contribution in [0.4, 0.5) is 0 Å². The first-order chi connectivity index (χ1) is 8.20. The lowest BCUT2D eigenvalue weighted by Crippen LogP contribution is -2.09. The molecule has 0 aliphatic rings. The van der Waals surface area contributed by atoms with E-state index < -0.39 is 0 Å². The largest absolute Gasteiger partial charge is 0.416 e. The monoisotopic (exact) mass is 249 g/mol. The van der Waals surface area contributed by atoms with Crippen molar-refractivity contribution in [1.29, 1.82) is 0 Å². The Morgan fingerprint density at radius 2 is 2.12 bits per heavy atom. The van der Waals surface area contributed by atoms with Crippen molar-refractivity contribution in [2.75, 3.05) is 0 Å². The van der Waals surface area contributed by atoms with Gasteiger partial charge in [0.1, 0.15) is 0 Å². The highest BCUT2D eigenvalue weighted by molar-refractivity contribution is 7.99. The van der Waals surface area contributed by atoms with Crippen molar-refractivity contribution in [2.45, 2.75) is 36.4 Å². The molecule has 90 valence electrons. The van der Waals surface area contributed by atoms with Crippen molar-refractivity contribution >= 4 is 11.8 Å². The van der Waals surface area contributed by atoms with E-state index in [0.717, 1.165) is 16.9 Å². The maximum atomic E-state index is 6.07. The second kappa shape index (κ2) is 5.33. The van der Waals surface area contributed by atoms with Crippen molar-refractivity contribution in [2.24, 2.45) is 5.73 Å². The van der Waals surface area contributed by atoms with E-state index in [1.54, 1.807) is 6.92 Å². The van der Waals surface area contributed by atoms with Crippen LogP contribution in [-0.2, 0) is 0 Å². The maximum Gasteiger partial charge on any atom is 0.281 e. The summed E-state index contributed by atoms with van der Waals surface area (Å²) in [5.41, 5.74) is 7.20. The molecule has 1 aromatic heterocycles. The Hall–Kier alpha value is -1.33. The second-order valence-corrected chi connectivity index (χ2v) is 4.73. The van der Waals surface area contributed by atoms with E-state index in [4.69, 9.17) is 10.2 Å². The van der Waals surface area contributed by atoms with E-state index in [1.165, 1.54) is 11.8 Å². The summed E-state index contributed by atoms with van der Waals surface area (Å²) >= 11 is 1.46. The number of hydrogen-bond donors (Lipinski definition) is 1. The topological polar surface area (TPSA) is 64.9 Å². The molecule has 1 heterocycles. The van der Waals surface area contributed by atoms with Gasteiger partial charge in [-0.25, -0.2) is 0 Å². The Balaban J connectivity index is 2.26. The summed E-state index contributed by atoms with van der Waals surface area (Å²) in [5.74, 6) is 0.574. The SMILES string of the molecule is CCC(N)c1ccccc1Sc1nnc(C)o1. The molecule has 0 radical (unpaired) electrons. The van der Waals surface area contributed by atoms with E-state index in [0.29, 0.717) is 11.1 Å². The number of hydrogen-bond acceptors (Lipinski definition) is 5. The summed E-state index contributed by atoms with van der Waals surface area (Å²) in [6.45, 7) is 3.85. The number of aryl methyl sites for hydroxylation is 1. The van der Waals surface area contributed by atoms with Gasteiger partial charge in [-0.05, 0) is 29.8 Å². The summed E-state index contributed by atoms with van der Waals surface area (Å²) in [5, 5.41) is 8.34. The highest BCUT2D eigenvalue weighted by Crippen LogP contribution is 2.32. The molecule has 5 heteroatoms. The van der Waals surface area contributed by atoms with Crippen molar-refractivity contribution < 1.29 is 4.42 Å². The molecule has 0 spiro atoms. The van der Waals surface area contributed by atoms with Crippen LogP contribution in [0.15, 0.2) is 38.8 Å². The van der Waals surface area contributed by atoms with Gasteiger partial charge in [0.15, 0.2) is 0 Å². The third-order valence-electron chi connectivity index (χ3n) is 2.46. The Kier molecular flexibility index (Phi) is 3.81.